The summed E-state index contributed by atoms with van der Waals surface area (Å²) in [7, 11) is 0. The lowest BCUT2D eigenvalue weighted by atomic mass is 10.0. The Labute approximate surface area is 302 Å². The molecule has 0 unspecified atom stereocenters. The van der Waals surface area contributed by atoms with Gasteiger partial charge in [-0.15, -0.1) is 0 Å². The van der Waals surface area contributed by atoms with Gasteiger partial charge in [0.2, 0.25) is 0 Å². The minimum Gasteiger partial charge on any atom is -0.309 e. The Hall–Kier alpha value is -6.97. The minimum atomic E-state index is 0.986. The molecule has 3 nitrogen and oxygen atoms in total. The molecule has 10 aromatic rings. The summed E-state index contributed by atoms with van der Waals surface area (Å²) < 4.78 is 4.74. The standard InChI is InChI=1S/C49H33N3/c1-4-13-46-41(9-1)42-10-2-5-14-47(42)51(46)39-27-23-36(24-28-39)37-25-29-40(30-26-37)52-48-15-6-3-11-43(48)44-33-35(20-31-49(44)52)17-16-34-18-21-38(22-19-34)45-12-7-8-32-50-45/h1-33H. The van der Waals surface area contributed by atoms with Crippen molar-refractivity contribution in [2.45, 2.75) is 0 Å². The maximum Gasteiger partial charge on any atom is 0.0701 e. The average molecular weight is 664 g/mol. The molecule has 7 aromatic carbocycles. The van der Waals surface area contributed by atoms with Gasteiger partial charge >= 0.3 is 0 Å². The first-order valence-corrected chi connectivity index (χ1v) is 17.7. The molecule has 0 fully saturated rings. The average Bonchev–Trinajstić information content (AvgIpc) is 3.73. The van der Waals surface area contributed by atoms with Crippen molar-refractivity contribution in [2.24, 2.45) is 0 Å². The fraction of sp³-hybridized carbons (Fsp3) is 0. The van der Waals surface area contributed by atoms with Crippen molar-refractivity contribution in [3.05, 3.63) is 199 Å². The van der Waals surface area contributed by atoms with E-state index in [0.29, 0.717) is 0 Å². The molecule has 52 heavy (non-hydrogen) atoms. The fourth-order valence-corrected chi connectivity index (χ4v) is 7.67. The van der Waals surface area contributed by atoms with E-state index in [-0.39, 0.29) is 0 Å². The van der Waals surface area contributed by atoms with Crippen molar-refractivity contribution in [3.63, 3.8) is 0 Å². The first kappa shape index (κ1) is 29.9. The summed E-state index contributed by atoms with van der Waals surface area (Å²) in [6.07, 6.45) is 6.21. The highest BCUT2D eigenvalue weighted by molar-refractivity contribution is 6.10. The molecule has 244 valence electrons. The zero-order chi connectivity index (χ0) is 34.4. The van der Waals surface area contributed by atoms with E-state index in [0.717, 1.165) is 28.2 Å². The minimum absolute atomic E-state index is 0.986. The van der Waals surface area contributed by atoms with Crippen LogP contribution in [-0.4, -0.2) is 14.1 Å². The number of aromatic nitrogens is 3. The second kappa shape index (κ2) is 12.4. The molecule has 0 N–H and O–H groups in total. The fourth-order valence-electron chi connectivity index (χ4n) is 7.67. The van der Waals surface area contributed by atoms with E-state index in [1.165, 1.54) is 60.3 Å². The topological polar surface area (TPSA) is 22.8 Å². The number of nitrogens with zero attached hydrogens (tertiary/aromatic N) is 3. The van der Waals surface area contributed by atoms with Crippen molar-refractivity contribution < 1.29 is 0 Å². The van der Waals surface area contributed by atoms with Crippen LogP contribution in [0.15, 0.2) is 188 Å². The van der Waals surface area contributed by atoms with E-state index in [9.17, 15) is 0 Å². The third-order valence-electron chi connectivity index (χ3n) is 10.2. The SMILES string of the molecule is C(=Cc1ccc2c(c1)c1ccccc1n2-c1ccc(-c2ccc(-n3c4ccccc4c4ccccc43)cc2)cc1)c1ccc(-c2ccccn2)cc1. The van der Waals surface area contributed by atoms with Crippen LogP contribution >= 0.6 is 0 Å². The molecule has 0 radical (unpaired) electrons. The zero-order valence-corrected chi connectivity index (χ0v) is 28.4. The molecule has 3 heteroatoms. The molecule has 0 aliphatic carbocycles. The Balaban J connectivity index is 0.951. The molecule has 0 atom stereocenters. The second-order valence-electron chi connectivity index (χ2n) is 13.3. The van der Waals surface area contributed by atoms with Gasteiger partial charge in [0, 0.05) is 44.7 Å². The van der Waals surface area contributed by atoms with Gasteiger partial charge < -0.3 is 9.13 Å². The summed E-state index contributed by atoms with van der Waals surface area (Å²) in [5.74, 6) is 0. The summed E-state index contributed by atoms with van der Waals surface area (Å²) in [5, 5.41) is 5.04. The van der Waals surface area contributed by atoms with Crippen LogP contribution in [0.4, 0.5) is 0 Å². The number of pyridine rings is 1. The summed E-state index contributed by atoms with van der Waals surface area (Å²) in [6.45, 7) is 0. The van der Waals surface area contributed by atoms with Crippen molar-refractivity contribution in [1.29, 1.82) is 0 Å². The highest BCUT2D eigenvalue weighted by atomic mass is 15.0. The van der Waals surface area contributed by atoms with Crippen LogP contribution in [0.25, 0.3) is 89.5 Å². The van der Waals surface area contributed by atoms with E-state index in [2.05, 4.69) is 190 Å². The van der Waals surface area contributed by atoms with Crippen LogP contribution in [0.1, 0.15) is 11.1 Å². The molecule has 0 aliphatic heterocycles. The van der Waals surface area contributed by atoms with E-state index in [4.69, 9.17) is 0 Å². The van der Waals surface area contributed by atoms with Crippen LogP contribution in [0.3, 0.4) is 0 Å². The van der Waals surface area contributed by atoms with Crippen LogP contribution in [0, 0.1) is 0 Å². The lowest BCUT2D eigenvalue weighted by molar-refractivity contribution is 1.18. The zero-order valence-electron chi connectivity index (χ0n) is 28.4. The third kappa shape index (κ3) is 5.10. The molecule has 0 aliphatic rings. The van der Waals surface area contributed by atoms with Crippen molar-refractivity contribution in [3.8, 4) is 33.8 Å². The molecular weight excluding hydrogens is 631 g/mol. The van der Waals surface area contributed by atoms with Crippen molar-refractivity contribution in [1.82, 2.24) is 14.1 Å². The van der Waals surface area contributed by atoms with Crippen LogP contribution in [0.5, 0.6) is 0 Å². The molecule has 3 aromatic heterocycles. The Bertz CT molecular complexity index is 2860. The lowest BCUT2D eigenvalue weighted by Gasteiger charge is -2.11. The van der Waals surface area contributed by atoms with Crippen LogP contribution in [0.2, 0.25) is 0 Å². The Morgan fingerprint density at radius 2 is 0.788 bits per heavy atom. The van der Waals surface area contributed by atoms with Gasteiger partial charge in [-0.05, 0) is 89.0 Å². The first-order valence-electron chi connectivity index (χ1n) is 17.7. The molecule has 0 saturated heterocycles. The predicted molar refractivity (Wildman–Crippen MR) is 219 cm³/mol. The Kier molecular flexibility index (Phi) is 7.14. The first-order chi connectivity index (χ1) is 25.8. The van der Waals surface area contributed by atoms with Crippen molar-refractivity contribution >= 4 is 55.8 Å². The van der Waals surface area contributed by atoms with Gasteiger partial charge in [0.15, 0.2) is 0 Å². The summed E-state index contributed by atoms with van der Waals surface area (Å²) in [4.78, 5) is 4.47. The van der Waals surface area contributed by atoms with Gasteiger partial charge in [0.1, 0.15) is 0 Å². The van der Waals surface area contributed by atoms with E-state index in [1.807, 2.05) is 24.4 Å². The lowest BCUT2D eigenvalue weighted by Crippen LogP contribution is -1.94. The van der Waals surface area contributed by atoms with Gasteiger partial charge in [-0.2, -0.15) is 0 Å². The molecule has 0 spiro atoms. The number of hydrogen-bond acceptors (Lipinski definition) is 1. The number of benzene rings is 7. The predicted octanol–water partition coefficient (Wildman–Crippen LogP) is 12.8. The van der Waals surface area contributed by atoms with Gasteiger partial charge in [0.05, 0.1) is 27.8 Å². The third-order valence-corrected chi connectivity index (χ3v) is 10.2. The number of para-hydroxylation sites is 3. The highest BCUT2D eigenvalue weighted by Gasteiger charge is 2.14. The largest absolute Gasteiger partial charge is 0.309 e. The van der Waals surface area contributed by atoms with Gasteiger partial charge in [-0.25, -0.2) is 0 Å². The van der Waals surface area contributed by atoms with Crippen LogP contribution < -0.4 is 0 Å². The second-order valence-corrected chi connectivity index (χ2v) is 13.3. The Morgan fingerprint density at radius 3 is 1.33 bits per heavy atom. The summed E-state index contributed by atoms with van der Waals surface area (Å²) in [5.41, 5.74) is 14.0. The molecular formula is C49H33N3. The molecule has 3 heterocycles. The Morgan fingerprint density at radius 1 is 0.346 bits per heavy atom. The monoisotopic (exact) mass is 663 g/mol. The van der Waals surface area contributed by atoms with E-state index >= 15 is 0 Å². The highest BCUT2D eigenvalue weighted by Crippen LogP contribution is 2.35. The van der Waals surface area contributed by atoms with Gasteiger partial charge in [0.25, 0.3) is 0 Å². The maximum absolute atomic E-state index is 4.47. The smallest absolute Gasteiger partial charge is 0.0701 e. The molecule has 0 bridgehead atoms. The summed E-state index contributed by atoms with van der Waals surface area (Å²) >= 11 is 0. The number of rotatable bonds is 6. The van der Waals surface area contributed by atoms with Gasteiger partial charge in [-0.1, -0.05) is 127 Å². The quantitative estimate of drug-likeness (QED) is 0.162. The van der Waals surface area contributed by atoms with Crippen LogP contribution in [-0.2, 0) is 0 Å². The van der Waals surface area contributed by atoms with E-state index in [1.54, 1.807) is 0 Å². The number of fused-ring (bicyclic) bond motifs is 6. The molecule has 0 saturated carbocycles. The maximum atomic E-state index is 4.47. The van der Waals surface area contributed by atoms with Gasteiger partial charge in [-0.3, -0.25) is 4.98 Å². The normalized spacial score (nSPS) is 11.8. The van der Waals surface area contributed by atoms with Crippen molar-refractivity contribution in [2.75, 3.05) is 0 Å². The summed E-state index contributed by atoms with van der Waals surface area (Å²) in [6, 6.07) is 65.2. The number of hydrogen-bond donors (Lipinski definition) is 0. The molecule has 10 rings (SSSR count). The van der Waals surface area contributed by atoms with E-state index < -0.39 is 0 Å². The molecule has 0 amide bonds.